The molecule has 0 radical (unpaired) electrons. The Kier molecular flexibility index (Phi) is 2.61. The molecule has 3 aliphatic rings. The lowest BCUT2D eigenvalue weighted by atomic mass is 10.0. The molecule has 0 bridgehead atoms. The fourth-order valence-corrected chi connectivity index (χ4v) is 3.45. The number of nitrogens with zero attached hydrogens (tertiary/aromatic N) is 2. The van der Waals surface area contributed by atoms with E-state index in [4.69, 9.17) is 9.97 Å². The van der Waals surface area contributed by atoms with Gasteiger partial charge in [-0.25, -0.2) is 9.97 Å². The van der Waals surface area contributed by atoms with Crippen molar-refractivity contribution in [3.05, 3.63) is 22.8 Å². The second kappa shape index (κ2) is 4.30. The molecule has 1 aliphatic heterocycles. The van der Waals surface area contributed by atoms with E-state index in [1.54, 1.807) is 0 Å². The topological polar surface area (TPSA) is 37.8 Å². The van der Waals surface area contributed by atoms with Crippen molar-refractivity contribution < 1.29 is 0 Å². The van der Waals surface area contributed by atoms with Gasteiger partial charge in [0.2, 0.25) is 0 Å². The maximum Gasteiger partial charge on any atom is 0.131 e. The summed E-state index contributed by atoms with van der Waals surface area (Å²) in [6.45, 7) is 2.07. The smallest absolute Gasteiger partial charge is 0.131 e. The largest absolute Gasteiger partial charge is 0.312 e. The highest BCUT2D eigenvalue weighted by Gasteiger charge is 2.32. The summed E-state index contributed by atoms with van der Waals surface area (Å²) in [6.07, 6.45) is 9.12. The summed E-state index contributed by atoms with van der Waals surface area (Å²) in [5.41, 5.74) is 4.19. The molecule has 0 atom stereocenters. The van der Waals surface area contributed by atoms with Crippen molar-refractivity contribution in [2.45, 2.75) is 63.3 Å². The van der Waals surface area contributed by atoms with Crippen LogP contribution in [-0.2, 0) is 13.0 Å². The molecule has 3 nitrogen and oxygen atoms in total. The molecule has 1 aromatic rings. The number of hydrogen-bond donors (Lipinski definition) is 1. The van der Waals surface area contributed by atoms with Gasteiger partial charge in [0, 0.05) is 36.9 Å². The average molecular weight is 243 g/mol. The molecule has 2 aliphatic carbocycles. The van der Waals surface area contributed by atoms with Gasteiger partial charge in [0.15, 0.2) is 0 Å². The number of rotatable bonds is 2. The van der Waals surface area contributed by atoms with E-state index in [0.29, 0.717) is 5.92 Å². The summed E-state index contributed by atoms with van der Waals surface area (Å²) in [4.78, 5) is 9.89. The lowest BCUT2D eigenvalue weighted by molar-refractivity contribution is 0.589. The van der Waals surface area contributed by atoms with Crippen LogP contribution in [0.15, 0.2) is 0 Å². The second-order valence-corrected chi connectivity index (χ2v) is 6.07. The highest BCUT2D eigenvalue weighted by molar-refractivity contribution is 5.33. The van der Waals surface area contributed by atoms with Crippen molar-refractivity contribution in [2.75, 3.05) is 6.54 Å². The Morgan fingerprint density at radius 1 is 0.944 bits per heavy atom. The predicted molar refractivity (Wildman–Crippen MR) is 70.6 cm³/mol. The van der Waals surface area contributed by atoms with E-state index < -0.39 is 0 Å². The Bertz CT molecular complexity index is 459. The Labute approximate surface area is 108 Å². The van der Waals surface area contributed by atoms with E-state index in [0.717, 1.165) is 25.4 Å². The van der Waals surface area contributed by atoms with E-state index in [2.05, 4.69) is 5.32 Å². The lowest BCUT2D eigenvalue weighted by Gasteiger charge is -2.21. The molecule has 0 unspecified atom stereocenters. The van der Waals surface area contributed by atoms with Crippen LogP contribution >= 0.6 is 0 Å². The number of nitrogens with one attached hydrogen (secondary N) is 1. The standard InChI is InChI=1S/C15H21N3/c1-2-4-11(3-1)15-17-13-7-8-16-9-12(13)14(18-15)10-5-6-10/h10-11,16H,1-9H2. The molecule has 2 saturated carbocycles. The summed E-state index contributed by atoms with van der Waals surface area (Å²) in [7, 11) is 0. The summed E-state index contributed by atoms with van der Waals surface area (Å²) >= 11 is 0. The van der Waals surface area contributed by atoms with Crippen LogP contribution in [0.2, 0.25) is 0 Å². The van der Waals surface area contributed by atoms with E-state index in [9.17, 15) is 0 Å². The van der Waals surface area contributed by atoms with Gasteiger partial charge < -0.3 is 5.32 Å². The van der Waals surface area contributed by atoms with Crippen LogP contribution in [-0.4, -0.2) is 16.5 Å². The number of aromatic nitrogens is 2. The van der Waals surface area contributed by atoms with Crippen LogP contribution < -0.4 is 5.32 Å². The van der Waals surface area contributed by atoms with Gasteiger partial charge in [-0.15, -0.1) is 0 Å². The Balaban J connectivity index is 1.77. The molecule has 0 saturated heterocycles. The highest BCUT2D eigenvalue weighted by atomic mass is 15.0. The molecule has 1 aromatic heterocycles. The van der Waals surface area contributed by atoms with Crippen molar-refractivity contribution in [2.24, 2.45) is 0 Å². The van der Waals surface area contributed by atoms with Gasteiger partial charge >= 0.3 is 0 Å². The Hall–Kier alpha value is -0.960. The molecule has 2 heterocycles. The third-order valence-corrected chi connectivity index (χ3v) is 4.67. The number of hydrogen-bond acceptors (Lipinski definition) is 3. The molecular formula is C15H21N3. The summed E-state index contributed by atoms with van der Waals surface area (Å²) in [5.74, 6) is 2.58. The first-order chi connectivity index (χ1) is 8.92. The second-order valence-electron chi connectivity index (χ2n) is 6.07. The predicted octanol–water partition coefficient (Wildman–Crippen LogP) is 2.66. The van der Waals surface area contributed by atoms with Gasteiger partial charge in [-0.1, -0.05) is 12.8 Å². The maximum atomic E-state index is 4.98. The van der Waals surface area contributed by atoms with Crippen LogP contribution in [0.25, 0.3) is 0 Å². The van der Waals surface area contributed by atoms with Gasteiger partial charge in [-0.2, -0.15) is 0 Å². The fourth-order valence-electron chi connectivity index (χ4n) is 3.45. The van der Waals surface area contributed by atoms with E-state index in [1.807, 2.05) is 0 Å². The van der Waals surface area contributed by atoms with Crippen LogP contribution in [0.1, 0.15) is 73.1 Å². The van der Waals surface area contributed by atoms with Crippen LogP contribution in [0.5, 0.6) is 0 Å². The quantitative estimate of drug-likeness (QED) is 0.867. The molecule has 2 fully saturated rings. The SMILES string of the molecule is C1CCC(c2nc3c(c(C4CC4)n2)CNCC3)C1. The van der Waals surface area contributed by atoms with Crippen molar-refractivity contribution in [3.63, 3.8) is 0 Å². The zero-order valence-electron chi connectivity index (χ0n) is 10.9. The molecule has 3 heteroatoms. The van der Waals surface area contributed by atoms with E-state index in [1.165, 1.54) is 61.3 Å². The van der Waals surface area contributed by atoms with Crippen LogP contribution in [0.4, 0.5) is 0 Å². The third kappa shape index (κ3) is 1.85. The lowest BCUT2D eigenvalue weighted by Crippen LogP contribution is -2.27. The monoisotopic (exact) mass is 243 g/mol. The molecule has 1 N–H and O–H groups in total. The molecular weight excluding hydrogens is 222 g/mol. The van der Waals surface area contributed by atoms with Gasteiger partial charge in [0.1, 0.15) is 5.82 Å². The van der Waals surface area contributed by atoms with Crippen molar-refractivity contribution in [1.29, 1.82) is 0 Å². The zero-order chi connectivity index (χ0) is 11.9. The molecule has 0 amide bonds. The number of fused-ring (bicyclic) bond motifs is 1. The molecule has 96 valence electrons. The third-order valence-electron chi connectivity index (χ3n) is 4.67. The minimum absolute atomic E-state index is 0.655. The first-order valence-electron chi connectivity index (χ1n) is 7.52. The van der Waals surface area contributed by atoms with Gasteiger partial charge in [0.05, 0.1) is 11.4 Å². The van der Waals surface area contributed by atoms with Crippen molar-refractivity contribution >= 4 is 0 Å². The van der Waals surface area contributed by atoms with Crippen molar-refractivity contribution in [3.8, 4) is 0 Å². The zero-order valence-corrected chi connectivity index (χ0v) is 10.9. The summed E-state index contributed by atoms with van der Waals surface area (Å²) in [5, 5.41) is 3.47. The normalized spacial score (nSPS) is 24.2. The molecule has 18 heavy (non-hydrogen) atoms. The fraction of sp³-hybridized carbons (Fsp3) is 0.733. The van der Waals surface area contributed by atoms with Crippen molar-refractivity contribution in [1.82, 2.24) is 15.3 Å². The Morgan fingerprint density at radius 2 is 1.78 bits per heavy atom. The highest BCUT2D eigenvalue weighted by Crippen LogP contribution is 2.42. The van der Waals surface area contributed by atoms with Crippen LogP contribution in [0, 0.1) is 0 Å². The Morgan fingerprint density at radius 3 is 2.56 bits per heavy atom. The van der Waals surface area contributed by atoms with E-state index >= 15 is 0 Å². The maximum absolute atomic E-state index is 4.98. The van der Waals surface area contributed by atoms with E-state index in [-0.39, 0.29) is 0 Å². The van der Waals surface area contributed by atoms with Crippen LogP contribution in [0.3, 0.4) is 0 Å². The van der Waals surface area contributed by atoms with Gasteiger partial charge in [0.25, 0.3) is 0 Å². The summed E-state index contributed by atoms with van der Waals surface area (Å²) < 4.78 is 0. The molecule has 0 spiro atoms. The molecule has 4 rings (SSSR count). The molecule has 0 aromatic carbocycles. The average Bonchev–Trinajstić information content (AvgIpc) is 3.12. The minimum Gasteiger partial charge on any atom is -0.312 e. The summed E-state index contributed by atoms with van der Waals surface area (Å²) in [6, 6.07) is 0. The minimum atomic E-state index is 0.655. The van der Waals surface area contributed by atoms with Gasteiger partial charge in [-0.3, -0.25) is 0 Å². The first kappa shape index (κ1) is 10.9. The van der Waals surface area contributed by atoms with Gasteiger partial charge in [-0.05, 0) is 25.7 Å². The first-order valence-corrected chi connectivity index (χ1v) is 7.52.